The molecule has 25 heavy (non-hydrogen) atoms. The van der Waals surface area contributed by atoms with E-state index in [1.54, 1.807) is 4.90 Å². The van der Waals surface area contributed by atoms with Gasteiger partial charge in [-0.25, -0.2) is 0 Å². The average Bonchev–Trinajstić information content (AvgIpc) is 2.49. The Kier molecular flexibility index (Phi) is 11.0. The lowest BCUT2D eigenvalue weighted by atomic mass is 9.95. The average molecular weight is 355 g/mol. The van der Waals surface area contributed by atoms with Gasteiger partial charge in [-0.3, -0.25) is 19.3 Å². The van der Waals surface area contributed by atoms with Gasteiger partial charge < -0.3 is 5.32 Å². The fourth-order valence-electron chi connectivity index (χ4n) is 2.44. The third-order valence-electron chi connectivity index (χ3n) is 4.31. The quantitative estimate of drug-likeness (QED) is 0.551. The van der Waals surface area contributed by atoms with Crippen molar-refractivity contribution in [2.24, 2.45) is 17.8 Å². The molecule has 0 aliphatic rings. The summed E-state index contributed by atoms with van der Waals surface area (Å²) in [7, 11) is 0. The minimum Gasteiger partial charge on any atom is -0.314 e. The molecule has 0 saturated carbocycles. The first-order valence-corrected chi connectivity index (χ1v) is 9.53. The van der Waals surface area contributed by atoms with E-state index in [1.807, 2.05) is 41.5 Å². The second-order valence-corrected chi connectivity index (χ2v) is 8.12. The van der Waals surface area contributed by atoms with Crippen molar-refractivity contribution in [1.29, 1.82) is 0 Å². The molecule has 0 saturated heterocycles. The molecule has 0 aliphatic carbocycles. The Morgan fingerprint density at radius 2 is 1.20 bits per heavy atom. The van der Waals surface area contributed by atoms with E-state index in [1.165, 1.54) is 0 Å². The maximum Gasteiger partial charge on any atom is 0.152 e. The summed E-state index contributed by atoms with van der Waals surface area (Å²) >= 11 is 0. The SMILES string of the molecule is CC(C)NCCC(C(=O)C(C)C)N(CC(=O)C(C)C)CC(=O)C(C)C. The van der Waals surface area contributed by atoms with Crippen LogP contribution in [0.4, 0.5) is 0 Å². The molecule has 0 aromatic carbocycles. The van der Waals surface area contributed by atoms with E-state index in [-0.39, 0.29) is 48.2 Å². The van der Waals surface area contributed by atoms with Crippen molar-refractivity contribution in [1.82, 2.24) is 10.2 Å². The Morgan fingerprint density at radius 1 is 0.760 bits per heavy atom. The maximum atomic E-state index is 12.8. The van der Waals surface area contributed by atoms with Crippen molar-refractivity contribution < 1.29 is 14.4 Å². The van der Waals surface area contributed by atoms with Crippen LogP contribution in [0.5, 0.6) is 0 Å². The van der Waals surface area contributed by atoms with E-state index >= 15 is 0 Å². The molecule has 0 bridgehead atoms. The zero-order valence-electron chi connectivity index (χ0n) is 17.4. The van der Waals surface area contributed by atoms with Crippen molar-refractivity contribution in [3.8, 4) is 0 Å². The van der Waals surface area contributed by atoms with E-state index in [4.69, 9.17) is 0 Å². The van der Waals surface area contributed by atoms with Gasteiger partial charge in [-0.1, -0.05) is 55.4 Å². The number of carbonyl (C=O) groups excluding carboxylic acids is 3. The Hall–Kier alpha value is -1.07. The second kappa shape index (κ2) is 11.5. The molecule has 5 nitrogen and oxygen atoms in total. The normalized spacial score (nSPS) is 13.3. The predicted molar refractivity (Wildman–Crippen MR) is 103 cm³/mol. The molecule has 0 aromatic heterocycles. The summed E-state index contributed by atoms with van der Waals surface area (Å²) in [6.07, 6.45) is 0.603. The molecule has 1 unspecified atom stereocenters. The highest BCUT2D eigenvalue weighted by Gasteiger charge is 2.31. The first kappa shape index (κ1) is 23.9. The molecule has 0 radical (unpaired) electrons. The standard InChI is InChI=1S/C20H38N2O3/c1-13(2)18(23)11-22(12-19(24)14(3)4)17(20(25)15(5)6)9-10-21-16(7)8/h13-17,21H,9-12H2,1-8H3. The van der Waals surface area contributed by atoms with Gasteiger partial charge in [-0.15, -0.1) is 0 Å². The summed E-state index contributed by atoms with van der Waals surface area (Å²) in [6.45, 7) is 16.3. The molecule has 1 N–H and O–H groups in total. The van der Waals surface area contributed by atoms with Crippen LogP contribution in [0.25, 0.3) is 0 Å². The fraction of sp³-hybridized carbons (Fsp3) is 0.850. The molecule has 146 valence electrons. The molecule has 0 spiro atoms. The number of ketones is 3. The highest BCUT2D eigenvalue weighted by Crippen LogP contribution is 2.14. The van der Waals surface area contributed by atoms with E-state index in [0.717, 1.165) is 0 Å². The summed E-state index contributed by atoms with van der Waals surface area (Å²) < 4.78 is 0. The molecule has 0 heterocycles. The van der Waals surface area contributed by atoms with E-state index in [9.17, 15) is 14.4 Å². The lowest BCUT2D eigenvalue weighted by Gasteiger charge is -2.32. The van der Waals surface area contributed by atoms with Gasteiger partial charge in [-0.2, -0.15) is 0 Å². The molecular formula is C20H38N2O3. The predicted octanol–water partition coefficient (Wildman–Crippen LogP) is 2.72. The summed E-state index contributed by atoms with van der Waals surface area (Å²) in [5, 5.41) is 3.33. The van der Waals surface area contributed by atoms with E-state index < -0.39 is 6.04 Å². The molecule has 5 heteroatoms. The number of carbonyl (C=O) groups is 3. The zero-order valence-corrected chi connectivity index (χ0v) is 17.4. The molecule has 0 fully saturated rings. The van der Waals surface area contributed by atoms with Crippen LogP contribution in [0.3, 0.4) is 0 Å². The molecule has 0 aliphatic heterocycles. The van der Waals surface area contributed by atoms with Crippen molar-refractivity contribution in [3.05, 3.63) is 0 Å². The van der Waals surface area contributed by atoms with Crippen molar-refractivity contribution in [2.75, 3.05) is 19.6 Å². The van der Waals surface area contributed by atoms with Crippen LogP contribution in [0.2, 0.25) is 0 Å². The summed E-state index contributed by atoms with van der Waals surface area (Å²) in [5.74, 6) is -0.126. The Bertz CT molecular complexity index is 420. The number of rotatable bonds is 13. The first-order valence-electron chi connectivity index (χ1n) is 9.53. The summed E-state index contributed by atoms with van der Waals surface area (Å²) in [6, 6.07) is -0.0745. The lowest BCUT2D eigenvalue weighted by Crippen LogP contribution is -2.50. The van der Waals surface area contributed by atoms with Gasteiger partial charge >= 0.3 is 0 Å². The molecule has 1 atom stereocenters. The van der Waals surface area contributed by atoms with Gasteiger partial charge in [0, 0.05) is 23.8 Å². The Labute approximate surface area is 153 Å². The topological polar surface area (TPSA) is 66.5 Å². The maximum absolute atomic E-state index is 12.8. The number of hydrogen-bond acceptors (Lipinski definition) is 5. The fourth-order valence-corrected chi connectivity index (χ4v) is 2.44. The van der Waals surface area contributed by atoms with Crippen LogP contribution in [0.15, 0.2) is 0 Å². The third kappa shape index (κ3) is 9.26. The van der Waals surface area contributed by atoms with Gasteiger partial charge in [0.2, 0.25) is 0 Å². The Morgan fingerprint density at radius 3 is 1.52 bits per heavy atom. The van der Waals surface area contributed by atoms with Crippen molar-refractivity contribution >= 4 is 17.3 Å². The highest BCUT2D eigenvalue weighted by molar-refractivity contribution is 5.89. The van der Waals surface area contributed by atoms with Gasteiger partial charge in [0.1, 0.15) is 11.6 Å². The smallest absolute Gasteiger partial charge is 0.152 e. The zero-order chi connectivity index (χ0) is 19.7. The van der Waals surface area contributed by atoms with Crippen molar-refractivity contribution in [2.45, 2.75) is 73.9 Å². The minimum atomic E-state index is -0.406. The first-order chi connectivity index (χ1) is 11.5. The van der Waals surface area contributed by atoms with Crippen LogP contribution in [-0.4, -0.2) is 54.0 Å². The van der Waals surface area contributed by atoms with Gasteiger partial charge in [0.25, 0.3) is 0 Å². The van der Waals surface area contributed by atoms with Gasteiger partial charge in [0.15, 0.2) is 5.78 Å². The van der Waals surface area contributed by atoms with Crippen LogP contribution in [0, 0.1) is 17.8 Å². The van der Waals surface area contributed by atoms with Crippen LogP contribution >= 0.6 is 0 Å². The molecule has 0 rings (SSSR count). The summed E-state index contributed by atoms with van der Waals surface area (Å²) in [5.41, 5.74) is 0. The van der Waals surface area contributed by atoms with E-state index in [0.29, 0.717) is 19.0 Å². The van der Waals surface area contributed by atoms with E-state index in [2.05, 4.69) is 19.2 Å². The number of nitrogens with zero attached hydrogens (tertiary/aromatic N) is 1. The summed E-state index contributed by atoms with van der Waals surface area (Å²) in [4.78, 5) is 39.2. The number of Topliss-reactive ketones (excluding diaryl/α,β-unsaturated/α-hetero) is 3. The monoisotopic (exact) mass is 354 g/mol. The van der Waals surface area contributed by atoms with Crippen LogP contribution < -0.4 is 5.32 Å². The number of nitrogens with one attached hydrogen (secondary N) is 1. The second-order valence-electron chi connectivity index (χ2n) is 8.12. The molecular weight excluding hydrogens is 316 g/mol. The van der Waals surface area contributed by atoms with Gasteiger partial charge in [-0.05, 0) is 13.0 Å². The molecule has 0 aromatic rings. The van der Waals surface area contributed by atoms with Crippen LogP contribution in [-0.2, 0) is 14.4 Å². The van der Waals surface area contributed by atoms with Crippen molar-refractivity contribution in [3.63, 3.8) is 0 Å². The molecule has 0 amide bonds. The number of hydrogen-bond donors (Lipinski definition) is 1. The lowest BCUT2D eigenvalue weighted by molar-refractivity contribution is -0.132. The Balaban J connectivity index is 5.41. The highest BCUT2D eigenvalue weighted by atomic mass is 16.1. The van der Waals surface area contributed by atoms with Crippen LogP contribution in [0.1, 0.15) is 61.8 Å². The van der Waals surface area contributed by atoms with Gasteiger partial charge in [0.05, 0.1) is 19.1 Å². The minimum absolute atomic E-state index is 0.0648. The third-order valence-corrected chi connectivity index (χ3v) is 4.31. The largest absolute Gasteiger partial charge is 0.314 e.